The summed E-state index contributed by atoms with van der Waals surface area (Å²) in [5.41, 5.74) is 4.11. The minimum absolute atomic E-state index is 0.214. The highest BCUT2D eigenvalue weighted by atomic mass is 19.1. The fourth-order valence-electron chi connectivity index (χ4n) is 3.17. The number of benzene rings is 2. The van der Waals surface area contributed by atoms with Crippen molar-refractivity contribution in [2.75, 3.05) is 35.2 Å². The van der Waals surface area contributed by atoms with Gasteiger partial charge in [0.2, 0.25) is 5.95 Å². The lowest BCUT2D eigenvalue weighted by atomic mass is 10.1. The number of anilines is 4. The zero-order chi connectivity index (χ0) is 20.6. The third kappa shape index (κ3) is 5.91. The van der Waals surface area contributed by atoms with Crippen LogP contribution in [0.4, 0.5) is 27.5 Å². The summed E-state index contributed by atoms with van der Waals surface area (Å²) in [6.45, 7) is 8.93. The molecule has 0 saturated heterocycles. The quantitative estimate of drug-likeness (QED) is 0.525. The molecule has 0 unspecified atom stereocenters. The molecule has 0 atom stereocenters. The van der Waals surface area contributed by atoms with Crippen molar-refractivity contribution in [1.29, 1.82) is 0 Å². The Bertz CT molecular complexity index is 906. The monoisotopic (exact) mass is 393 g/mol. The molecule has 0 fully saturated rings. The first-order chi connectivity index (χ1) is 14.1. The normalized spacial score (nSPS) is 10.6. The Hall–Kier alpha value is -3.15. The Morgan fingerprint density at radius 1 is 0.931 bits per heavy atom. The molecule has 0 saturated carbocycles. The molecule has 1 aromatic heterocycles. The number of aromatic nitrogens is 2. The molecule has 0 spiro atoms. The van der Waals surface area contributed by atoms with Crippen molar-refractivity contribution in [2.24, 2.45) is 0 Å². The van der Waals surface area contributed by atoms with Crippen molar-refractivity contribution in [3.8, 4) is 0 Å². The predicted octanol–water partition coefficient (Wildman–Crippen LogP) is 5.17. The summed E-state index contributed by atoms with van der Waals surface area (Å²) in [6.07, 6.45) is 0.791. The van der Waals surface area contributed by atoms with Crippen LogP contribution in [0, 0.1) is 12.7 Å². The van der Waals surface area contributed by atoms with Gasteiger partial charge in [0.05, 0.1) is 0 Å². The Balaban J connectivity index is 1.61. The van der Waals surface area contributed by atoms with Crippen LogP contribution < -0.4 is 15.5 Å². The number of nitrogens with zero attached hydrogens (tertiary/aromatic N) is 3. The first-order valence-corrected chi connectivity index (χ1v) is 10.0. The molecule has 1 heterocycles. The third-order valence-corrected chi connectivity index (χ3v) is 4.74. The second-order valence-electron chi connectivity index (χ2n) is 6.87. The molecule has 3 aromatic rings. The number of nitrogens with one attached hydrogen (secondary N) is 2. The fraction of sp³-hybridized carbons (Fsp3) is 0.304. The van der Waals surface area contributed by atoms with Crippen LogP contribution in [0.15, 0.2) is 54.6 Å². The van der Waals surface area contributed by atoms with Crippen molar-refractivity contribution in [2.45, 2.75) is 27.2 Å². The zero-order valence-corrected chi connectivity index (χ0v) is 17.2. The van der Waals surface area contributed by atoms with Crippen LogP contribution in [0.1, 0.15) is 25.1 Å². The van der Waals surface area contributed by atoms with Crippen LogP contribution in [-0.4, -0.2) is 29.6 Å². The Kier molecular flexibility index (Phi) is 7.00. The molecule has 3 rings (SSSR count). The zero-order valence-electron chi connectivity index (χ0n) is 17.2. The lowest BCUT2D eigenvalue weighted by Gasteiger charge is -2.21. The average molecular weight is 394 g/mol. The van der Waals surface area contributed by atoms with Crippen molar-refractivity contribution in [1.82, 2.24) is 9.97 Å². The molecule has 2 aromatic carbocycles. The van der Waals surface area contributed by atoms with Crippen LogP contribution in [0.3, 0.4) is 0 Å². The van der Waals surface area contributed by atoms with Gasteiger partial charge < -0.3 is 15.5 Å². The van der Waals surface area contributed by atoms with Gasteiger partial charge in [-0.2, -0.15) is 4.98 Å². The summed E-state index contributed by atoms with van der Waals surface area (Å²) in [6, 6.07) is 16.8. The number of rotatable bonds is 9. The topological polar surface area (TPSA) is 53.1 Å². The molecule has 0 amide bonds. The third-order valence-electron chi connectivity index (χ3n) is 4.74. The van der Waals surface area contributed by atoms with Crippen molar-refractivity contribution in [3.05, 3.63) is 71.7 Å². The molecule has 0 bridgehead atoms. The van der Waals surface area contributed by atoms with E-state index in [2.05, 4.69) is 51.5 Å². The van der Waals surface area contributed by atoms with E-state index in [1.54, 1.807) is 12.1 Å². The first-order valence-electron chi connectivity index (χ1n) is 10.0. The molecule has 29 heavy (non-hydrogen) atoms. The van der Waals surface area contributed by atoms with Gasteiger partial charge in [-0.05, 0) is 69.2 Å². The van der Waals surface area contributed by atoms with E-state index >= 15 is 0 Å². The van der Waals surface area contributed by atoms with E-state index in [0.717, 1.165) is 42.3 Å². The number of hydrogen-bond donors (Lipinski definition) is 2. The highest BCUT2D eigenvalue weighted by Crippen LogP contribution is 2.20. The maximum Gasteiger partial charge on any atom is 0.229 e. The molecule has 6 heteroatoms. The number of halogens is 1. The molecular formula is C23H28FN5. The van der Waals surface area contributed by atoms with Gasteiger partial charge in [-0.1, -0.05) is 12.1 Å². The van der Waals surface area contributed by atoms with E-state index in [9.17, 15) is 4.39 Å². The summed E-state index contributed by atoms with van der Waals surface area (Å²) >= 11 is 0. The maximum absolute atomic E-state index is 13.0. The Morgan fingerprint density at radius 2 is 1.62 bits per heavy atom. The van der Waals surface area contributed by atoms with Gasteiger partial charge in [-0.3, -0.25) is 0 Å². The van der Waals surface area contributed by atoms with Gasteiger partial charge >= 0.3 is 0 Å². The Morgan fingerprint density at radius 3 is 2.28 bits per heavy atom. The van der Waals surface area contributed by atoms with Gasteiger partial charge in [-0.15, -0.1) is 0 Å². The van der Waals surface area contributed by atoms with E-state index in [0.29, 0.717) is 12.5 Å². The minimum atomic E-state index is -0.214. The van der Waals surface area contributed by atoms with E-state index in [1.165, 1.54) is 17.8 Å². The Labute approximate surface area is 172 Å². The van der Waals surface area contributed by atoms with Gasteiger partial charge in [0.15, 0.2) is 0 Å². The molecular weight excluding hydrogens is 365 g/mol. The fourth-order valence-corrected chi connectivity index (χ4v) is 3.17. The van der Waals surface area contributed by atoms with Crippen LogP contribution in [0.25, 0.3) is 0 Å². The molecule has 152 valence electrons. The van der Waals surface area contributed by atoms with Crippen LogP contribution >= 0.6 is 0 Å². The molecule has 0 aliphatic rings. The SMILES string of the molecule is CCN(CC)c1ccc(Nc2nc(C)cc(NCCc3ccc(F)cc3)n2)cc1. The van der Waals surface area contributed by atoms with Gasteiger partial charge in [0, 0.05) is 42.8 Å². The van der Waals surface area contributed by atoms with Crippen molar-refractivity contribution in [3.63, 3.8) is 0 Å². The lowest BCUT2D eigenvalue weighted by molar-refractivity contribution is 0.627. The molecule has 0 radical (unpaired) electrons. The van der Waals surface area contributed by atoms with Gasteiger partial charge in [-0.25, -0.2) is 9.37 Å². The van der Waals surface area contributed by atoms with Crippen LogP contribution in [-0.2, 0) is 6.42 Å². The molecule has 2 N–H and O–H groups in total. The second-order valence-corrected chi connectivity index (χ2v) is 6.87. The van der Waals surface area contributed by atoms with E-state index in [4.69, 9.17) is 0 Å². The van der Waals surface area contributed by atoms with E-state index in [-0.39, 0.29) is 5.82 Å². The predicted molar refractivity (Wildman–Crippen MR) is 119 cm³/mol. The highest BCUT2D eigenvalue weighted by molar-refractivity contribution is 5.60. The van der Waals surface area contributed by atoms with Crippen LogP contribution in [0.2, 0.25) is 0 Å². The minimum Gasteiger partial charge on any atom is -0.372 e. The lowest BCUT2D eigenvalue weighted by Crippen LogP contribution is -2.21. The summed E-state index contributed by atoms with van der Waals surface area (Å²) in [4.78, 5) is 11.3. The molecule has 0 aliphatic heterocycles. The van der Waals surface area contributed by atoms with E-state index in [1.807, 2.05) is 25.1 Å². The smallest absolute Gasteiger partial charge is 0.229 e. The summed E-state index contributed by atoms with van der Waals surface area (Å²) < 4.78 is 13.0. The van der Waals surface area contributed by atoms with Crippen molar-refractivity contribution >= 4 is 23.1 Å². The molecule has 5 nitrogen and oxygen atoms in total. The van der Waals surface area contributed by atoms with Crippen LogP contribution in [0.5, 0.6) is 0 Å². The summed E-state index contributed by atoms with van der Waals surface area (Å²) in [5.74, 6) is 1.11. The maximum atomic E-state index is 13.0. The summed E-state index contributed by atoms with van der Waals surface area (Å²) in [5, 5.41) is 6.60. The summed E-state index contributed by atoms with van der Waals surface area (Å²) in [7, 11) is 0. The largest absolute Gasteiger partial charge is 0.372 e. The second kappa shape index (κ2) is 9.87. The van der Waals surface area contributed by atoms with Crippen molar-refractivity contribution < 1.29 is 4.39 Å². The average Bonchev–Trinajstić information content (AvgIpc) is 2.71. The number of aryl methyl sites for hydroxylation is 1. The molecule has 0 aliphatic carbocycles. The highest BCUT2D eigenvalue weighted by Gasteiger charge is 2.05. The standard InChI is InChI=1S/C23H28FN5/c1-4-29(5-2)21-12-10-20(11-13-21)27-23-26-17(3)16-22(28-23)25-15-14-18-6-8-19(24)9-7-18/h6-13,16H,4-5,14-15H2,1-3H3,(H2,25,26,27,28). The first kappa shape index (κ1) is 20.6. The van der Waals surface area contributed by atoms with Gasteiger partial charge in [0.1, 0.15) is 11.6 Å². The van der Waals surface area contributed by atoms with Gasteiger partial charge in [0.25, 0.3) is 0 Å². The van der Waals surface area contributed by atoms with E-state index < -0.39 is 0 Å². The number of hydrogen-bond acceptors (Lipinski definition) is 5.